The fourth-order valence-corrected chi connectivity index (χ4v) is 6.51. The number of para-hydroxylation sites is 1. The summed E-state index contributed by atoms with van der Waals surface area (Å²) in [5.74, 6) is -5.01. The predicted molar refractivity (Wildman–Crippen MR) is 166 cm³/mol. The van der Waals surface area contributed by atoms with Gasteiger partial charge in [0.05, 0.1) is 12.7 Å². The molecule has 17 heteroatoms. The zero-order valence-electron chi connectivity index (χ0n) is 26.4. The van der Waals surface area contributed by atoms with Gasteiger partial charge in [0, 0.05) is 18.2 Å². The third kappa shape index (κ3) is 7.90. The van der Waals surface area contributed by atoms with Crippen LogP contribution in [0.4, 0.5) is 14.6 Å². The highest BCUT2D eigenvalue weighted by Gasteiger charge is 2.60. The Hall–Kier alpha value is -4.21. The van der Waals surface area contributed by atoms with E-state index in [1.54, 1.807) is 50.2 Å². The third-order valence-electron chi connectivity index (χ3n) is 7.30. The predicted octanol–water partition coefficient (Wildman–Crippen LogP) is 3.85. The zero-order valence-corrected chi connectivity index (χ0v) is 27.3. The number of hydrogen-bond acceptors (Lipinski definition) is 11. The summed E-state index contributed by atoms with van der Waals surface area (Å²) in [6, 6.07) is 12.5. The van der Waals surface area contributed by atoms with E-state index in [2.05, 4.69) is 15.4 Å². The summed E-state index contributed by atoms with van der Waals surface area (Å²) in [6.07, 6.45) is -5.55. The Bertz CT molecular complexity index is 1760. The van der Waals surface area contributed by atoms with Crippen molar-refractivity contribution in [3.63, 3.8) is 0 Å². The molecule has 3 unspecified atom stereocenters. The van der Waals surface area contributed by atoms with Crippen LogP contribution in [0.5, 0.6) is 11.5 Å². The average Bonchev–Trinajstić information content (AvgIpc) is 3.50. The number of amides is 1. The number of halogens is 2. The minimum Gasteiger partial charge on any atom is -0.490 e. The molecule has 0 saturated carbocycles. The van der Waals surface area contributed by atoms with Gasteiger partial charge in [0.25, 0.3) is 5.91 Å². The van der Waals surface area contributed by atoms with Gasteiger partial charge in [-0.05, 0) is 63.6 Å². The highest BCUT2D eigenvalue weighted by atomic mass is 31.2. The van der Waals surface area contributed by atoms with E-state index < -0.39 is 68.4 Å². The minimum absolute atomic E-state index is 0.0268. The van der Waals surface area contributed by atoms with Crippen LogP contribution in [0.15, 0.2) is 65.6 Å². The minimum atomic E-state index is -4.49. The SMILES string of the molecule is CC(C)OC(=O)[C@@H](C)NP(=O)(OC[C@H]1OC(n2ccc(NC(=O)c3ccc4c(c3)OC(C)C4)nc2=O)C(F)(F)[C@@H]1O)Oc1ccccc1. The molecule has 1 fully saturated rings. The Balaban J connectivity index is 1.28. The first-order valence-electron chi connectivity index (χ1n) is 15.0. The quantitative estimate of drug-likeness (QED) is 0.185. The second-order valence-electron chi connectivity index (χ2n) is 11.6. The van der Waals surface area contributed by atoms with E-state index in [9.17, 15) is 24.1 Å². The molecule has 1 aromatic heterocycles. The lowest BCUT2D eigenvalue weighted by atomic mass is 10.1. The molecule has 48 heavy (non-hydrogen) atoms. The van der Waals surface area contributed by atoms with Gasteiger partial charge in [-0.3, -0.25) is 18.7 Å². The monoisotopic (exact) mass is 692 g/mol. The molecule has 1 amide bonds. The van der Waals surface area contributed by atoms with Crippen molar-refractivity contribution >= 4 is 25.4 Å². The first kappa shape index (κ1) is 35.1. The molecular formula is C31H35F2N4O10P. The van der Waals surface area contributed by atoms with E-state index in [1.165, 1.54) is 19.1 Å². The number of hydrogen-bond donors (Lipinski definition) is 3. The van der Waals surface area contributed by atoms with Gasteiger partial charge in [-0.1, -0.05) is 24.3 Å². The standard InChI is InChI=1S/C31H35F2N4O10P/c1-17(2)44-28(40)19(4)36-48(42,47-22-8-6-5-7-9-22)43-16-24-26(38)31(32,33)29(46-24)37-13-12-25(35-30(37)41)34-27(39)21-11-10-20-14-18(3)45-23(20)15-21/h5-13,15,17-19,24,26,29,38H,14,16H2,1-4H3,(H,36,42)(H,34,35,39,41)/t18?,19-,24-,26-,29?,48?/m1/s1. The lowest BCUT2D eigenvalue weighted by Crippen LogP contribution is -2.42. The van der Waals surface area contributed by atoms with E-state index in [-0.39, 0.29) is 23.2 Å². The largest absolute Gasteiger partial charge is 0.490 e. The smallest absolute Gasteiger partial charge is 0.459 e. The first-order chi connectivity index (χ1) is 22.6. The van der Waals surface area contributed by atoms with Crippen LogP contribution in [0.1, 0.15) is 49.8 Å². The van der Waals surface area contributed by atoms with Crippen LogP contribution in [-0.2, 0) is 29.8 Å². The second-order valence-corrected chi connectivity index (χ2v) is 13.3. The number of benzene rings is 2. The Morgan fingerprint density at radius 2 is 1.90 bits per heavy atom. The molecule has 6 atom stereocenters. The molecule has 258 valence electrons. The molecule has 3 heterocycles. The number of esters is 1. The zero-order chi connectivity index (χ0) is 34.8. The summed E-state index contributed by atoms with van der Waals surface area (Å²) < 4.78 is 71.8. The maximum Gasteiger partial charge on any atom is 0.459 e. The van der Waals surface area contributed by atoms with Gasteiger partial charge in [-0.25, -0.2) is 9.36 Å². The number of aliphatic hydroxyl groups is 1. The fourth-order valence-electron chi connectivity index (χ4n) is 5.00. The van der Waals surface area contributed by atoms with Crippen LogP contribution in [0.25, 0.3) is 0 Å². The molecule has 0 bridgehead atoms. The van der Waals surface area contributed by atoms with Crippen molar-refractivity contribution in [2.75, 3.05) is 11.9 Å². The molecule has 5 rings (SSSR count). The first-order valence-corrected chi connectivity index (χ1v) is 16.6. The molecule has 2 aromatic carbocycles. The maximum atomic E-state index is 15.3. The van der Waals surface area contributed by atoms with Crippen LogP contribution >= 0.6 is 7.75 Å². The highest BCUT2D eigenvalue weighted by Crippen LogP contribution is 2.48. The number of fused-ring (bicyclic) bond motifs is 1. The van der Waals surface area contributed by atoms with Gasteiger partial charge in [0.2, 0.25) is 6.23 Å². The molecule has 1 saturated heterocycles. The summed E-state index contributed by atoms with van der Waals surface area (Å²) in [7, 11) is -4.49. The van der Waals surface area contributed by atoms with E-state index in [1.807, 2.05) is 6.92 Å². The van der Waals surface area contributed by atoms with Crippen molar-refractivity contribution in [1.82, 2.24) is 14.6 Å². The number of aromatic nitrogens is 2. The number of rotatable bonds is 12. The number of anilines is 1. The van der Waals surface area contributed by atoms with E-state index in [0.29, 0.717) is 16.7 Å². The second kappa shape index (κ2) is 14.1. The number of ether oxygens (including phenoxy) is 3. The van der Waals surface area contributed by atoms with Crippen molar-refractivity contribution in [2.24, 2.45) is 0 Å². The third-order valence-corrected chi connectivity index (χ3v) is 8.95. The van der Waals surface area contributed by atoms with Gasteiger partial charge >= 0.3 is 25.3 Å². The van der Waals surface area contributed by atoms with Crippen LogP contribution in [0.3, 0.4) is 0 Å². The number of nitrogens with one attached hydrogen (secondary N) is 2. The van der Waals surface area contributed by atoms with Crippen molar-refractivity contribution < 1.29 is 51.3 Å². The Labute approximate surface area is 273 Å². The molecule has 2 aliphatic heterocycles. The van der Waals surface area contributed by atoms with Gasteiger partial charge in [-0.15, -0.1) is 0 Å². The van der Waals surface area contributed by atoms with Crippen LogP contribution < -0.4 is 25.4 Å². The maximum absolute atomic E-state index is 15.3. The molecule has 3 N–H and O–H groups in total. The van der Waals surface area contributed by atoms with Crippen molar-refractivity contribution in [1.29, 1.82) is 0 Å². The lowest BCUT2D eigenvalue weighted by Gasteiger charge is -2.25. The Morgan fingerprint density at radius 1 is 1.17 bits per heavy atom. The summed E-state index contributed by atoms with van der Waals surface area (Å²) in [5.41, 5.74) is -0.0267. The molecule has 0 radical (unpaired) electrons. The summed E-state index contributed by atoms with van der Waals surface area (Å²) in [5, 5.41) is 15.4. The van der Waals surface area contributed by atoms with Crippen molar-refractivity contribution in [3.05, 3.63) is 82.4 Å². The van der Waals surface area contributed by atoms with Crippen molar-refractivity contribution in [2.45, 2.75) is 76.7 Å². The van der Waals surface area contributed by atoms with Gasteiger partial charge < -0.3 is 29.2 Å². The van der Waals surface area contributed by atoms with E-state index in [4.69, 9.17) is 23.3 Å². The Kier molecular flexibility index (Phi) is 10.3. The molecule has 0 spiro atoms. The Morgan fingerprint density at radius 3 is 2.58 bits per heavy atom. The number of aliphatic hydroxyl groups excluding tert-OH is 1. The topological polar surface area (TPSA) is 177 Å². The van der Waals surface area contributed by atoms with Crippen LogP contribution in [0.2, 0.25) is 0 Å². The van der Waals surface area contributed by atoms with Gasteiger partial charge in [-0.2, -0.15) is 18.9 Å². The van der Waals surface area contributed by atoms with Crippen molar-refractivity contribution in [3.8, 4) is 11.5 Å². The van der Waals surface area contributed by atoms with E-state index in [0.717, 1.165) is 17.8 Å². The fraction of sp³-hybridized carbons (Fsp3) is 0.419. The number of carbonyl (C=O) groups excluding carboxylic acids is 2. The molecule has 14 nitrogen and oxygen atoms in total. The number of carbonyl (C=O) groups is 2. The molecule has 3 aromatic rings. The van der Waals surface area contributed by atoms with E-state index >= 15 is 8.78 Å². The molecule has 0 aliphatic carbocycles. The average molecular weight is 693 g/mol. The van der Waals surface area contributed by atoms with Gasteiger partial charge in [0.1, 0.15) is 35.6 Å². The van der Waals surface area contributed by atoms with Crippen LogP contribution in [-0.4, -0.2) is 69.5 Å². The summed E-state index contributed by atoms with van der Waals surface area (Å²) >= 11 is 0. The summed E-state index contributed by atoms with van der Waals surface area (Å²) in [6.45, 7) is 5.57. The molecular weight excluding hydrogens is 657 g/mol. The lowest BCUT2D eigenvalue weighted by molar-refractivity contribution is -0.149. The summed E-state index contributed by atoms with van der Waals surface area (Å²) in [4.78, 5) is 41.7. The number of alkyl halides is 2. The highest BCUT2D eigenvalue weighted by molar-refractivity contribution is 7.52. The molecule has 2 aliphatic rings. The normalized spacial score (nSPS) is 23.1. The van der Waals surface area contributed by atoms with Crippen LogP contribution in [0, 0.1) is 0 Å². The van der Waals surface area contributed by atoms with Gasteiger partial charge in [0.15, 0.2) is 6.10 Å². The number of nitrogens with zero attached hydrogens (tertiary/aromatic N) is 2.